The molecule has 0 aliphatic rings. The van der Waals surface area contributed by atoms with Crippen LogP contribution in [0.25, 0.3) is 0 Å². The Morgan fingerprint density at radius 1 is 0.800 bits per heavy atom. The molecule has 52 valence electrons. The van der Waals surface area contributed by atoms with Crippen molar-refractivity contribution in [2.24, 2.45) is 0 Å². The van der Waals surface area contributed by atoms with E-state index in [0.29, 0.717) is 0 Å². The maximum absolute atomic E-state index is 8.25. The number of hydrogen-bond donors (Lipinski definition) is 0. The topological polar surface area (TPSA) is 132 Å². The van der Waals surface area contributed by atoms with Crippen LogP contribution in [0, 0.1) is 30.6 Å². The van der Waals surface area contributed by atoms with Gasteiger partial charge in [0.1, 0.15) is 0 Å². The van der Waals surface area contributed by atoms with Gasteiger partial charge in [0.2, 0.25) is 0 Å². The van der Waals surface area contributed by atoms with Gasteiger partial charge in [-0.25, -0.2) is 0 Å². The minimum absolute atomic E-state index is 0. The van der Waals surface area contributed by atoms with E-state index < -0.39 is 10.2 Å². The molecule has 0 aromatic carbocycles. The molecule has 0 heterocycles. The fourth-order valence-electron chi connectivity index (χ4n) is 0. The van der Waals surface area contributed by atoms with Crippen molar-refractivity contribution >= 4 is 72.8 Å². The second-order valence-electron chi connectivity index (χ2n) is 0.447. The Labute approximate surface area is 112 Å². The van der Waals surface area contributed by atoms with Crippen molar-refractivity contribution in [3.63, 3.8) is 0 Å². The standard InChI is InChI=1S/2NO3.Pb.Sr/c2*2-1(3)4;;/q2*-1;;+2. The van der Waals surface area contributed by atoms with Crippen LogP contribution in [0.4, 0.5) is 0 Å². The SMILES string of the molecule is O=[N+]([O-])[O-].O=[N+]([O-])[O-].[Pb].[Sr+2]. The van der Waals surface area contributed by atoms with E-state index in [-0.39, 0.29) is 72.8 Å². The Bertz CT molecular complexity index is 73.7. The van der Waals surface area contributed by atoms with E-state index in [9.17, 15) is 0 Å². The predicted molar refractivity (Wildman–Crippen MR) is 32.2 cm³/mol. The summed E-state index contributed by atoms with van der Waals surface area (Å²) in [6.45, 7) is 0. The van der Waals surface area contributed by atoms with Gasteiger partial charge in [-0.15, -0.1) is 0 Å². The van der Waals surface area contributed by atoms with Crippen molar-refractivity contribution in [1.82, 2.24) is 0 Å². The molecule has 0 rings (SSSR count). The van der Waals surface area contributed by atoms with Crippen LogP contribution in [0.1, 0.15) is 0 Å². The van der Waals surface area contributed by atoms with Crippen LogP contribution < -0.4 is 0 Å². The third-order valence-corrected chi connectivity index (χ3v) is 0. The van der Waals surface area contributed by atoms with Crippen LogP contribution in [-0.2, 0) is 0 Å². The first kappa shape index (κ1) is 22.4. The van der Waals surface area contributed by atoms with Gasteiger partial charge < -0.3 is 30.6 Å². The van der Waals surface area contributed by atoms with Crippen LogP contribution in [0.2, 0.25) is 0 Å². The maximum Gasteiger partial charge on any atom is 2.00 e. The Morgan fingerprint density at radius 2 is 0.800 bits per heavy atom. The molecule has 0 amide bonds. The summed E-state index contributed by atoms with van der Waals surface area (Å²) in [5.41, 5.74) is 0. The molecule has 0 atom stereocenters. The van der Waals surface area contributed by atoms with E-state index in [1.54, 1.807) is 0 Å². The molecule has 0 N–H and O–H groups in total. The predicted octanol–water partition coefficient (Wildman–Crippen LogP) is -1.24. The van der Waals surface area contributed by atoms with Crippen molar-refractivity contribution in [3.8, 4) is 0 Å². The summed E-state index contributed by atoms with van der Waals surface area (Å²) in [5, 5.41) is 29.5. The summed E-state index contributed by atoms with van der Waals surface area (Å²) in [6.07, 6.45) is 0. The van der Waals surface area contributed by atoms with Gasteiger partial charge in [0.05, 0.1) is 10.2 Å². The maximum atomic E-state index is 8.25. The van der Waals surface area contributed by atoms with E-state index in [1.165, 1.54) is 0 Å². The number of hydrogen-bond acceptors (Lipinski definition) is 6. The summed E-state index contributed by atoms with van der Waals surface area (Å²) in [6, 6.07) is 0. The second-order valence-corrected chi connectivity index (χ2v) is 0.447. The van der Waals surface area contributed by atoms with Gasteiger partial charge in [-0.1, -0.05) is 0 Å². The monoisotopic (exact) mass is 420 g/mol. The third-order valence-electron chi connectivity index (χ3n) is 0. The van der Waals surface area contributed by atoms with Crippen LogP contribution in [-0.4, -0.2) is 83.0 Å². The van der Waals surface area contributed by atoms with Crippen LogP contribution in [0.5, 0.6) is 0 Å². The molecule has 0 aliphatic heterocycles. The van der Waals surface area contributed by atoms with Crippen molar-refractivity contribution in [3.05, 3.63) is 30.6 Å². The first-order valence-electron chi connectivity index (χ1n) is 1.10. The Kier molecular flexibility index (Phi) is 36.8. The summed E-state index contributed by atoms with van der Waals surface area (Å²) in [7, 11) is 0. The normalized spacial score (nSPS) is 4.80. The smallest absolute Gasteiger partial charge is 0.356 e. The van der Waals surface area contributed by atoms with Crippen LogP contribution in [0.3, 0.4) is 0 Å². The molecule has 8 nitrogen and oxygen atoms in total. The average molecular weight is 419 g/mol. The summed E-state index contributed by atoms with van der Waals surface area (Å²) >= 11 is 0. The van der Waals surface area contributed by atoms with Crippen molar-refractivity contribution in [1.29, 1.82) is 0 Å². The zero-order valence-electron chi connectivity index (χ0n) is 4.55. The molecule has 0 fully saturated rings. The van der Waals surface area contributed by atoms with Gasteiger partial charge in [0.15, 0.2) is 0 Å². The molecule has 0 spiro atoms. The van der Waals surface area contributed by atoms with E-state index >= 15 is 0 Å². The van der Waals surface area contributed by atoms with Gasteiger partial charge in [-0.2, -0.15) is 0 Å². The Balaban J connectivity index is -0.0000000300. The molecule has 0 aliphatic carbocycles. The summed E-state index contributed by atoms with van der Waals surface area (Å²) < 4.78 is 0. The van der Waals surface area contributed by atoms with E-state index in [2.05, 4.69) is 0 Å². The second kappa shape index (κ2) is 16.4. The largest absolute Gasteiger partial charge is 2.00 e. The fraction of sp³-hybridized carbons (Fsp3) is 0. The number of nitrogens with zero attached hydrogens (tertiary/aromatic N) is 2. The minimum atomic E-state index is -1.75. The molecule has 0 bridgehead atoms. The molecule has 10 heavy (non-hydrogen) atoms. The molecule has 0 aromatic heterocycles. The number of rotatable bonds is 0. The molecule has 10 heteroatoms. The van der Waals surface area contributed by atoms with E-state index in [1.807, 2.05) is 0 Å². The van der Waals surface area contributed by atoms with Gasteiger partial charge in [-0.05, 0) is 0 Å². The van der Waals surface area contributed by atoms with Crippen molar-refractivity contribution < 1.29 is 10.2 Å². The average Bonchev–Trinajstić information content (AvgIpc) is 1.25. The summed E-state index contributed by atoms with van der Waals surface area (Å²) in [4.78, 5) is 16.5. The van der Waals surface area contributed by atoms with E-state index in [0.717, 1.165) is 0 Å². The van der Waals surface area contributed by atoms with Gasteiger partial charge in [0.25, 0.3) is 0 Å². The molecule has 0 unspecified atom stereocenters. The molecular formula is N2O6PbSr. The van der Waals surface area contributed by atoms with Crippen molar-refractivity contribution in [2.45, 2.75) is 0 Å². The van der Waals surface area contributed by atoms with Crippen LogP contribution in [0.15, 0.2) is 0 Å². The summed E-state index contributed by atoms with van der Waals surface area (Å²) in [5.74, 6) is 0. The van der Waals surface area contributed by atoms with Gasteiger partial charge in [-0.3, -0.25) is 0 Å². The molecule has 4 radical (unpaired) electrons. The third kappa shape index (κ3) is 832. The Hall–Kier alpha value is 0.803. The van der Waals surface area contributed by atoms with Gasteiger partial charge in [0, 0.05) is 27.3 Å². The fourth-order valence-corrected chi connectivity index (χ4v) is 0. The first-order valence-corrected chi connectivity index (χ1v) is 1.10. The Morgan fingerprint density at radius 3 is 0.800 bits per heavy atom. The molecule has 0 aromatic rings. The zero-order valence-corrected chi connectivity index (χ0v) is 11.9. The van der Waals surface area contributed by atoms with Crippen molar-refractivity contribution in [2.75, 3.05) is 0 Å². The molecular weight excluding hydrogens is 419 g/mol. The van der Waals surface area contributed by atoms with Crippen LogP contribution >= 0.6 is 0 Å². The first-order chi connectivity index (χ1) is 3.46. The minimum Gasteiger partial charge on any atom is -0.356 e. The zero-order chi connectivity index (χ0) is 7.15. The molecule has 0 saturated carbocycles. The van der Waals surface area contributed by atoms with Gasteiger partial charge >= 0.3 is 45.5 Å². The molecule has 0 saturated heterocycles. The quantitative estimate of drug-likeness (QED) is 0.274. The van der Waals surface area contributed by atoms with E-state index in [4.69, 9.17) is 30.6 Å².